The van der Waals surface area contributed by atoms with Crippen molar-refractivity contribution >= 4 is 33.2 Å². The maximum Gasteiger partial charge on any atom is 0.126 e. The van der Waals surface area contributed by atoms with Gasteiger partial charge < -0.3 is 5.32 Å². The van der Waals surface area contributed by atoms with Crippen molar-refractivity contribution in [3.05, 3.63) is 62.8 Å². The zero-order valence-corrected chi connectivity index (χ0v) is 13.1. The predicted octanol–water partition coefficient (Wildman–Crippen LogP) is 5.21. The molecule has 4 heteroatoms. The van der Waals surface area contributed by atoms with Crippen molar-refractivity contribution in [1.82, 2.24) is 0 Å². The number of hydrogen-bond acceptors (Lipinski definition) is 1. The van der Waals surface area contributed by atoms with Gasteiger partial charge in [-0.15, -0.1) is 0 Å². The molecule has 0 saturated heterocycles. The first-order valence-electron chi connectivity index (χ1n) is 6.60. The first-order valence-corrected chi connectivity index (χ1v) is 7.77. The Morgan fingerprint density at radius 3 is 2.80 bits per heavy atom. The van der Waals surface area contributed by atoms with Gasteiger partial charge >= 0.3 is 0 Å². The van der Waals surface area contributed by atoms with Gasteiger partial charge in [-0.3, -0.25) is 0 Å². The highest BCUT2D eigenvalue weighted by atomic mass is 79.9. The van der Waals surface area contributed by atoms with Gasteiger partial charge in [0.1, 0.15) is 5.82 Å². The van der Waals surface area contributed by atoms with E-state index in [0.29, 0.717) is 11.1 Å². The summed E-state index contributed by atoms with van der Waals surface area (Å²) in [6, 6.07) is 11.3. The molecule has 1 nitrogen and oxygen atoms in total. The molecule has 3 rings (SSSR count). The fourth-order valence-corrected chi connectivity index (χ4v) is 3.35. The van der Waals surface area contributed by atoms with Gasteiger partial charge in [-0.05, 0) is 60.7 Å². The van der Waals surface area contributed by atoms with Crippen LogP contribution in [0.5, 0.6) is 0 Å². The van der Waals surface area contributed by atoms with Crippen LogP contribution in [0, 0.1) is 5.82 Å². The highest BCUT2D eigenvalue weighted by Gasteiger charge is 2.18. The molecule has 0 bridgehead atoms. The van der Waals surface area contributed by atoms with E-state index in [1.165, 1.54) is 23.3 Å². The van der Waals surface area contributed by atoms with E-state index in [2.05, 4.69) is 39.4 Å². The summed E-state index contributed by atoms with van der Waals surface area (Å²) in [4.78, 5) is 0. The molecule has 0 aliphatic heterocycles. The minimum atomic E-state index is -0.305. The Hall–Kier alpha value is -1.06. The van der Waals surface area contributed by atoms with Gasteiger partial charge in [-0.25, -0.2) is 4.39 Å². The molecule has 104 valence electrons. The molecule has 2 aromatic carbocycles. The Kier molecular flexibility index (Phi) is 3.99. The van der Waals surface area contributed by atoms with E-state index in [0.717, 1.165) is 29.4 Å². The van der Waals surface area contributed by atoms with Gasteiger partial charge in [0.25, 0.3) is 0 Å². The molecule has 20 heavy (non-hydrogen) atoms. The van der Waals surface area contributed by atoms with Gasteiger partial charge in [-0.2, -0.15) is 0 Å². The molecule has 0 fully saturated rings. The van der Waals surface area contributed by atoms with E-state index in [4.69, 9.17) is 11.6 Å². The number of hydrogen-bond donors (Lipinski definition) is 1. The van der Waals surface area contributed by atoms with Crippen LogP contribution in [0.3, 0.4) is 0 Å². The minimum absolute atomic E-state index is 0.305. The molecule has 1 unspecified atom stereocenters. The van der Waals surface area contributed by atoms with Crippen molar-refractivity contribution in [3.63, 3.8) is 0 Å². The summed E-state index contributed by atoms with van der Waals surface area (Å²) < 4.78 is 14.5. The Morgan fingerprint density at radius 2 is 2.00 bits per heavy atom. The molecule has 1 aliphatic carbocycles. The van der Waals surface area contributed by atoms with Gasteiger partial charge in [0.05, 0.1) is 0 Å². The maximum atomic E-state index is 13.3. The Morgan fingerprint density at radius 1 is 1.15 bits per heavy atom. The second-order valence-corrected chi connectivity index (χ2v) is 6.51. The SMILES string of the molecule is Fc1cc(Cl)cc(NC2CCc3cc(Br)ccc3C2)c1. The minimum Gasteiger partial charge on any atom is -0.382 e. The third-order valence-electron chi connectivity index (χ3n) is 3.63. The first-order chi connectivity index (χ1) is 9.60. The average Bonchev–Trinajstić information content (AvgIpc) is 2.38. The summed E-state index contributed by atoms with van der Waals surface area (Å²) in [5.74, 6) is -0.305. The quantitative estimate of drug-likeness (QED) is 0.780. The molecule has 0 heterocycles. The summed E-state index contributed by atoms with van der Waals surface area (Å²) >= 11 is 9.38. The number of benzene rings is 2. The van der Waals surface area contributed by atoms with E-state index in [-0.39, 0.29) is 5.82 Å². The largest absolute Gasteiger partial charge is 0.382 e. The van der Waals surface area contributed by atoms with E-state index in [9.17, 15) is 4.39 Å². The van der Waals surface area contributed by atoms with Gasteiger partial charge in [0.15, 0.2) is 0 Å². The number of fused-ring (bicyclic) bond motifs is 1. The molecule has 2 aromatic rings. The van der Waals surface area contributed by atoms with E-state index in [1.807, 2.05) is 0 Å². The lowest BCUT2D eigenvalue weighted by molar-refractivity contribution is 0.606. The number of nitrogens with one attached hydrogen (secondary N) is 1. The lowest BCUT2D eigenvalue weighted by Crippen LogP contribution is -2.27. The van der Waals surface area contributed by atoms with Crippen LogP contribution in [0.4, 0.5) is 10.1 Å². The smallest absolute Gasteiger partial charge is 0.126 e. The third kappa shape index (κ3) is 3.15. The average molecular weight is 355 g/mol. The van der Waals surface area contributed by atoms with Crippen LogP contribution in [-0.4, -0.2) is 6.04 Å². The highest BCUT2D eigenvalue weighted by Crippen LogP contribution is 2.27. The van der Waals surface area contributed by atoms with Crippen LogP contribution >= 0.6 is 27.5 Å². The molecule has 0 aromatic heterocycles. The van der Waals surface area contributed by atoms with Crippen LogP contribution in [0.2, 0.25) is 5.02 Å². The molecule has 1 aliphatic rings. The first kappa shape index (κ1) is 13.9. The maximum absolute atomic E-state index is 13.3. The lowest BCUT2D eigenvalue weighted by atomic mass is 9.88. The van der Waals surface area contributed by atoms with Gasteiger partial charge in [0.2, 0.25) is 0 Å². The zero-order chi connectivity index (χ0) is 14.1. The van der Waals surface area contributed by atoms with Crippen LogP contribution in [0.1, 0.15) is 17.5 Å². The second-order valence-electron chi connectivity index (χ2n) is 5.16. The lowest BCUT2D eigenvalue weighted by Gasteiger charge is -2.26. The monoisotopic (exact) mass is 353 g/mol. The second kappa shape index (κ2) is 5.74. The highest BCUT2D eigenvalue weighted by molar-refractivity contribution is 9.10. The summed E-state index contributed by atoms with van der Waals surface area (Å²) in [6.07, 6.45) is 3.03. The standard InChI is InChI=1S/C16H14BrClFN/c17-12-3-1-11-6-15(4-2-10(11)5-12)20-16-8-13(18)7-14(19)9-16/h1,3,5,7-9,15,20H,2,4,6H2. The third-order valence-corrected chi connectivity index (χ3v) is 4.34. The summed E-state index contributed by atoms with van der Waals surface area (Å²) in [5.41, 5.74) is 3.51. The summed E-state index contributed by atoms with van der Waals surface area (Å²) in [5, 5.41) is 3.81. The molecule has 0 spiro atoms. The molecular weight excluding hydrogens is 341 g/mol. The summed E-state index contributed by atoms with van der Waals surface area (Å²) in [7, 11) is 0. The van der Waals surface area contributed by atoms with E-state index >= 15 is 0 Å². The Bertz CT molecular complexity index is 624. The van der Waals surface area contributed by atoms with Crippen LogP contribution in [0.15, 0.2) is 40.9 Å². The molecule has 0 radical (unpaired) electrons. The van der Waals surface area contributed by atoms with Crippen molar-refractivity contribution in [2.45, 2.75) is 25.3 Å². The number of rotatable bonds is 2. The van der Waals surface area contributed by atoms with Crippen LogP contribution < -0.4 is 5.32 Å². The fraction of sp³-hybridized carbons (Fsp3) is 0.250. The molecule has 1 N–H and O–H groups in total. The van der Waals surface area contributed by atoms with Gasteiger partial charge in [0, 0.05) is 21.2 Å². The number of aryl methyl sites for hydroxylation is 1. The zero-order valence-electron chi connectivity index (χ0n) is 10.8. The number of anilines is 1. The summed E-state index contributed by atoms with van der Waals surface area (Å²) in [6.45, 7) is 0. The van der Waals surface area contributed by atoms with Crippen molar-refractivity contribution < 1.29 is 4.39 Å². The number of halogens is 3. The van der Waals surface area contributed by atoms with Crippen molar-refractivity contribution in [3.8, 4) is 0 Å². The predicted molar refractivity (Wildman–Crippen MR) is 85.0 cm³/mol. The van der Waals surface area contributed by atoms with E-state index < -0.39 is 0 Å². The fourth-order valence-electron chi connectivity index (χ4n) is 2.72. The molecule has 1 atom stereocenters. The molecule has 0 saturated carbocycles. The Balaban J connectivity index is 1.75. The van der Waals surface area contributed by atoms with Crippen LogP contribution in [-0.2, 0) is 12.8 Å². The normalized spacial score (nSPS) is 17.6. The topological polar surface area (TPSA) is 12.0 Å². The van der Waals surface area contributed by atoms with Crippen molar-refractivity contribution in [2.24, 2.45) is 0 Å². The van der Waals surface area contributed by atoms with E-state index in [1.54, 1.807) is 6.07 Å². The van der Waals surface area contributed by atoms with Crippen LogP contribution in [0.25, 0.3) is 0 Å². The molecule has 0 amide bonds. The Labute approximate surface area is 131 Å². The van der Waals surface area contributed by atoms with Crippen molar-refractivity contribution in [2.75, 3.05) is 5.32 Å². The van der Waals surface area contributed by atoms with Crippen molar-refractivity contribution in [1.29, 1.82) is 0 Å². The molecular formula is C16H14BrClFN. The van der Waals surface area contributed by atoms with Gasteiger partial charge in [-0.1, -0.05) is 33.6 Å².